The second kappa shape index (κ2) is 6.58. The van der Waals surface area contributed by atoms with Gasteiger partial charge in [0.05, 0.1) is 10.5 Å². The van der Waals surface area contributed by atoms with Gasteiger partial charge in [0.15, 0.2) is 0 Å². The van der Waals surface area contributed by atoms with Crippen LogP contribution in [0.5, 0.6) is 0 Å². The highest BCUT2D eigenvalue weighted by Gasteiger charge is 2.34. The maximum absolute atomic E-state index is 12.8. The Morgan fingerprint density at radius 2 is 1.71 bits per heavy atom. The van der Waals surface area contributed by atoms with E-state index in [0.29, 0.717) is 25.2 Å². The number of nitrogens with zero attached hydrogens (tertiary/aromatic N) is 3. The molecule has 2 aliphatic rings. The standard InChI is InChI=1S/C16H20F3N3O2/c17-16(18,19)12-5-6-14(15(11-12)22(23)24)21-9-7-20(8-10-21)13-3-1-2-4-13/h5-6,11,13H,1-4,7-10H2. The van der Waals surface area contributed by atoms with E-state index in [2.05, 4.69) is 4.90 Å². The molecule has 0 bridgehead atoms. The first kappa shape index (κ1) is 17.0. The van der Waals surface area contributed by atoms with Gasteiger partial charge in [0, 0.05) is 38.3 Å². The molecule has 1 aromatic carbocycles. The van der Waals surface area contributed by atoms with Crippen molar-refractivity contribution >= 4 is 11.4 Å². The molecule has 0 N–H and O–H groups in total. The number of hydrogen-bond donors (Lipinski definition) is 0. The average molecular weight is 343 g/mol. The molecule has 3 rings (SSSR count). The van der Waals surface area contributed by atoms with Crippen LogP contribution in [0.1, 0.15) is 31.2 Å². The fourth-order valence-electron chi connectivity index (χ4n) is 3.71. The van der Waals surface area contributed by atoms with Crippen LogP contribution in [-0.4, -0.2) is 42.0 Å². The summed E-state index contributed by atoms with van der Waals surface area (Å²) in [5, 5.41) is 11.2. The summed E-state index contributed by atoms with van der Waals surface area (Å²) in [4.78, 5) is 14.7. The minimum absolute atomic E-state index is 0.277. The summed E-state index contributed by atoms with van der Waals surface area (Å²) in [5.41, 5.74) is -1.18. The molecule has 0 aromatic heterocycles. The molecule has 0 atom stereocenters. The molecule has 8 heteroatoms. The summed E-state index contributed by atoms with van der Waals surface area (Å²) in [6, 6.07) is 3.38. The largest absolute Gasteiger partial charge is 0.416 e. The Morgan fingerprint density at radius 3 is 2.25 bits per heavy atom. The van der Waals surface area contributed by atoms with E-state index in [1.165, 1.54) is 31.7 Å². The van der Waals surface area contributed by atoms with Crippen LogP contribution in [-0.2, 0) is 6.18 Å². The van der Waals surface area contributed by atoms with Crippen LogP contribution in [0.25, 0.3) is 0 Å². The monoisotopic (exact) mass is 343 g/mol. The predicted octanol–water partition coefficient (Wildman–Crippen LogP) is 3.68. The van der Waals surface area contributed by atoms with Crippen LogP contribution in [0, 0.1) is 10.1 Å². The Balaban J connectivity index is 1.76. The van der Waals surface area contributed by atoms with Gasteiger partial charge in [0.1, 0.15) is 5.69 Å². The molecule has 1 saturated heterocycles. The quantitative estimate of drug-likeness (QED) is 0.621. The second-order valence-corrected chi connectivity index (χ2v) is 6.42. The lowest BCUT2D eigenvalue weighted by Crippen LogP contribution is -2.49. The lowest BCUT2D eigenvalue weighted by Gasteiger charge is -2.38. The van der Waals surface area contributed by atoms with Crippen LogP contribution < -0.4 is 4.90 Å². The first-order valence-electron chi connectivity index (χ1n) is 8.21. The van der Waals surface area contributed by atoms with Gasteiger partial charge in [-0.05, 0) is 25.0 Å². The number of rotatable bonds is 3. The Labute approximate surface area is 138 Å². The number of hydrogen-bond acceptors (Lipinski definition) is 4. The number of benzene rings is 1. The molecule has 0 amide bonds. The smallest absolute Gasteiger partial charge is 0.363 e. The normalized spacial score (nSPS) is 20.5. The highest BCUT2D eigenvalue weighted by atomic mass is 19.4. The minimum atomic E-state index is -4.58. The fraction of sp³-hybridized carbons (Fsp3) is 0.625. The van der Waals surface area contributed by atoms with Gasteiger partial charge in [-0.25, -0.2) is 0 Å². The molecule has 2 fully saturated rings. The Kier molecular flexibility index (Phi) is 4.67. The van der Waals surface area contributed by atoms with Gasteiger partial charge in [0.2, 0.25) is 0 Å². The molecule has 24 heavy (non-hydrogen) atoms. The third-order valence-electron chi connectivity index (χ3n) is 5.00. The summed E-state index contributed by atoms with van der Waals surface area (Å²) in [6.45, 7) is 2.79. The molecule has 1 heterocycles. The number of nitro benzene ring substituents is 1. The van der Waals surface area contributed by atoms with E-state index in [4.69, 9.17) is 0 Å². The predicted molar refractivity (Wildman–Crippen MR) is 84.1 cm³/mol. The van der Waals surface area contributed by atoms with Crippen molar-refractivity contribution in [1.29, 1.82) is 0 Å². The molecule has 0 radical (unpaired) electrons. The molecule has 132 valence electrons. The molecular formula is C16H20F3N3O2. The van der Waals surface area contributed by atoms with Crippen molar-refractivity contribution in [2.24, 2.45) is 0 Å². The van der Waals surface area contributed by atoms with E-state index >= 15 is 0 Å². The maximum atomic E-state index is 12.8. The molecular weight excluding hydrogens is 323 g/mol. The van der Waals surface area contributed by atoms with Crippen LogP contribution in [0.15, 0.2) is 18.2 Å². The van der Waals surface area contributed by atoms with E-state index < -0.39 is 22.4 Å². The SMILES string of the molecule is O=[N+]([O-])c1cc(C(F)(F)F)ccc1N1CCN(C2CCCC2)CC1. The molecule has 1 saturated carbocycles. The zero-order valence-corrected chi connectivity index (χ0v) is 13.3. The number of nitro groups is 1. The molecule has 1 aliphatic carbocycles. The number of anilines is 1. The van der Waals surface area contributed by atoms with Crippen LogP contribution in [0.4, 0.5) is 24.5 Å². The van der Waals surface area contributed by atoms with Crippen LogP contribution >= 0.6 is 0 Å². The van der Waals surface area contributed by atoms with Gasteiger partial charge in [-0.2, -0.15) is 13.2 Å². The van der Waals surface area contributed by atoms with Crippen molar-refractivity contribution in [1.82, 2.24) is 4.90 Å². The Hall–Kier alpha value is -1.83. The van der Waals surface area contributed by atoms with Gasteiger partial charge < -0.3 is 4.90 Å². The van der Waals surface area contributed by atoms with Gasteiger partial charge >= 0.3 is 6.18 Å². The van der Waals surface area contributed by atoms with Gasteiger partial charge in [-0.15, -0.1) is 0 Å². The van der Waals surface area contributed by atoms with Gasteiger partial charge in [0.25, 0.3) is 5.69 Å². The van der Waals surface area contributed by atoms with Crippen molar-refractivity contribution in [2.45, 2.75) is 37.9 Å². The summed E-state index contributed by atoms with van der Waals surface area (Å²) in [6.07, 6.45) is 0.301. The lowest BCUT2D eigenvalue weighted by molar-refractivity contribution is -0.384. The highest BCUT2D eigenvalue weighted by Crippen LogP contribution is 2.37. The minimum Gasteiger partial charge on any atom is -0.363 e. The van der Waals surface area contributed by atoms with Crippen LogP contribution in [0.2, 0.25) is 0 Å². The van der Waals surface area contributed by atoms with Crippen molar-refractivity contribution < 1.29 is 18.1 Å². The first-order valence-corrected chi connectivity index (χ1v) is 8.21. The van der Waals surface area contributed by atoms with Crippen molar-refractivity contribution in [3.05, 3.63) is 33.9 Å². The first-order chi connectivity index (χ1) is 11.4. The molecule has 1 aromatic rings. The Bertz CT molecular complexity index is 607. The van der Waals surface area contributed by atoms with E-state index in [1.54, 1.807) is 0 Å². The van der Waals surface area contributed by atoms with Crippen molar-refractivity contribution in [2.75, 3.05) is 31.1 Å². The number of piperazine rings is 1. The summed E-state index contributed by atoms with van der Waals surface area (Å²) in [7, 11) is 0. The highest BCUT2D eigenvalue weighted by molar-refractivity contribution is 5.65. The van der Waals surface area contributed by atoms with E-state index in [9.17, 15) is 23.3 Å². The summed E-state index contributed by atoms with van der Waals surface area (Å²) >= 11 is 0. The van der Waals surface area contributed by atoms with Gasteiger partial charge in [-0.3, -0.25) is 15.0 Å². The zero-order chi connectivity index (χ0) is 17.3. The third-order valence-corrected chi connectivity index (χ3v) is 5.00. The maximum Gasteiger partial charge on any atom is 0.416 e. The van der Waals surface area contributed by atoms with Crippen molar-refractivity contribution in [3.8, 4) is 0 Å². The molecule has 0 spiro atoms. The topological polar surface area (TPSA) is 49.6 Å². The molecule has 1 aliphatic heterocycles. The number of alkyl halides is 3. The summed E-state index contributed by atoms with van der Waals surface area (Å²) in [5.74, 6) is 0. The van der Waals surface area contributed by atoms with E-state index in [-0.39, 0.29) is 5.69 Å². The van der Waals surface area contributed by atoms with Crippen molar-refractivity contribution in [3.63, 3.8) is 0 Å². The second-order valence-electron chi connectivity index (χ2n) is 6.42. The number of halogens is 3. The molecule has 5 nitrogen and oxygen atoms in total. The molecule has 0 unspecified atom stereocenters. The summed E-state index contributed by atoms with van der Waals surface area (Å²) < 4.78 is 38.4. The lowest BCUT2D eigenvalue weighted by atomic mass is 10.1. The fourth-order valence-corrected chi connectivity index (χ4v) is 3.71. The third kappa shape index (κ3) is 3.48. The van der Waals surface area contributed by atoms with E-state index in [0.717, 1.165) is 19.2 Å². The van der Waals surface area contributed by atoms with Gasteiger partial charge in [-0.1, -0.05) is 12.8 Å². The average Bonchev–Trinajstić information content (AvgIpc) is 3.08. The zero-order valence-electron chi connectivity index (χ0n) is 13.3. The van der Waals surface area contributed by atoms with Crippen LogP contribution in [0.3, 0.4) is 0 Å². The van der Waals surface area contributed by atoms with E-state index in [1.807, 2.05) is 4.90 Å². The Morgan fingerprint density at radius 1 is 1.08 bits per heavy atom.